The van der Waals surface area contributed by atoms with Crippen LogP contribution in [0.3, 0.4) is 0 Å². The van der Waals surface area contributed by atoms with Crippen LogP contribution in [0.1, 0.15) is 33.6 Å². The van der Waals surface area contributed by atoms with E-state index in [4.69, 9.17) is 0 Å². The highest BCUT2D eigenvalue weighted by Crippen LogP contribution is 2.32. The molecule has 1 N–H and O–H groups in total. The molecule has 1 unspecified atom stereocenters. The average molecular weight is 351 g/mol. The number of hydrogen-bond donors (Lipinski definition) is 1. The number of rotatable bonds is 4. The molecule has 0 radical (unpaired) electrons. The zero-order valence-electron chi connectivity index (χ0n) is 11.3. The molecular formula is C13H26IN3. The maximum atomic E-state index is 4.53. The molecular weight excluding hydrogens is 325 g/mol. The van der Waals surface area contributed by atoms with Gasteiger partial charge in [-0.3, -0.25) is 0 Å². The molecule has 100 valence electrons. The quantitative estimate of drug-likeness (QED) is 0.365. The molecule has 0 aromatic carbocycles. The summed E-state index contributed by atoms with van der Waals surface area (Å²) >= 11 is 0. The van der Waals surface area contributed by atoms with Crippen molar-refractivity contribution in [1.29, 1.82) is 0 Å². The van der Waals surface area contributed by atoms with Crippen LogP contribution in [0.5, 0.6) is 0 Å². The van der Waals surface area contributed by atoms with Crippen molar-refractivity contribution in [3.63, 3.8) is 0 Å². The van der Waals surface area contributed by atoms with Gasteiger partial charge in [0.1, 0.15) is 0 Å². The Kier molecular flexibility index (Phi) is 7.83. The predicted molar refractivity (Wildman–Crippen MR) is 86.2 cm³/mol. The topological polar surface area (TPSA) is 27.6 Å². The lowest BCUT2D eigenvalue weighted by Crippen LogP contribution is -2.41. The average Bonchev–Trinajstić information content (AvgIpc) is 2.68. The highest BCUT2D eigenvalue weighted by atomic mass is 127. The first kappa shape index (κ1) is 16.7. The van der Waals surface area contributed by atoms with Gasteiger partial charge in [-0.2, -0.15) is 0 Å². The number of hydrogen-bond acceptors (Lipinski definition) is 1. The van der Waals surface area contributed by atoms with Crippen LogP contribution in [0, 0.1) is 5.41 Å². The Labute approximate surface area is 123 Å². The van der Waals surface area contributed by atoms with Crippen molar-refractivity contribution < 1.29 is 0 Å². The first-order chi connectivity index (χ1) is 7.65. The number of halogens is 1. The van der Waals surface area contributed by atoms with Crippen molar-refractivity contribution in [2.75, 3.05) is 26.2 Å². The molecule has 1 atom stereocenters. The van der Waals surface area contributed by atoms with E-state index in [1.54, 1.807) is 0 Å². The van der Waals surface area contributed by atoms with Gasteiger partial charge in [-0.25, -0.2) is 4.99 Å². The second-order valence-corrected chi connectivity index (χ2v) is 4.82. The summed E-state index contributed by atoms with van der Waals surface area (Å²) < 4.78 is 0. The van der Waals surface area contributed by atoms with E-state index >= 15 is 0 Å². The molecule has 17 heavy (non-hydrogen) atoms. The zero-order chi connectivity index (χ0) is 12.0. The van der Waals surface area contributed by atoms with E-state index < -0.39 is 0 Å². The van der Waals surface area contributed by atoms with Crippen LogP contribution in [-0.4, -0.2) is 37.0 Å². The Morgan fingerprint density at radius 1 is 1.53 bits per heavy atom. The summed E-state index contributed by atoms with van der Waals surface area (Å²) in [4.78, 5) is 6.90. The summed E-state index contributed by atoms with van der Waals surface area (Å²) in [5, 5.41) is 3.35. The van der Waals surface area contributed by atoms with Crippen LogP contribution in [0.2, 0.25) is 0 Å². The molecule has 0 aromatic heterocycles. The van der Waals surface area contributed by atoms with Gasteiger partial charge in [0.25, 0.3) is 0 Å². The zero-order valence-corrected chi connectivity index (χ0v) is 13.7. The first-order valence-electron chi connectivity index (χ1n) is 6.29. The monoisotopic (exact) mass is 351 g/mol. The summed E-state index contributed by atoms with van der Waals surface area (Å²) in [5.74, 6) is 1.04. The van der Waals surface area contributed by atoms with Crippen molar-refractivity contribution in [1.82, 2.24) is 10.2 Å². The van der Waals surface area contributed by atoms with Gasteiger partial charge in [0.15, 0.2) is 5.96 Å². The maximum absolute atomic E-state index is 4.53. The minimum absolute atomic E-state index is 0. The van der Waals surface area contributed by atoms with Crippen LogP contribution in [0.15, 0.2) is 17.6 Å². The van der Waals surface area contributed by atoms with Crippen LogP contribution >= 0.6 is 24.0 Å². The lowest BCUT2D eigenvalue weighted by atomic mass is 9.87. The largest absolute Gasteiger partial charge is 0.357 e. The normalized spacial score (nSPS) is 24.4. The maximum Gasteiger partial charge on any atom is 0.194 e. The first-order valence-corrected chi connectivity index (χ1v) is 6.29. The fourth-order valence-electron chi connectivity index (χ4n) is 2.07. The number of aliphatic imine (C=N–C) groups is 1. The van der Waals surface area contributed by atoms with E-state index in [-0.39, 0.29) is 24.0 Å². The van der Waals surface area contributed by atoms with Crippen molar-refractivity contribution in [2.45, 2.75) is 33.6 Å². The van der Waals surface area contributed by atoms with Crippen LogP contribution in [0.4, 0.5) is 0 Å². The van der Waals surface area contributed by atoms with Gasteiger partial charge in [0.05, 0.1) is 6.54 Å². The lowest BCUT2D eigenvalue weighted by Gasteiger charge is -2.25. The predicted octanol–water partition coefficient (Wildman–Crippen LogP) is 2.88. The van der Waals surface area contributed by atoms with E-state index in [9.17, 15) is 0 Å². The van der Waals surface area contributed by atoms with Gasteiger partial charge in [0, 0.05) is 19.6 Å². The van der Waals surface area contributed by atoms with E-state index in [0.717, 1.165) is 25.6 Å². The summed E-state index contributed by atoms with van der Waals surface area (Å²) in [6, 6.07) is 0. The van der Waals surface area contributed by atoms with Crippen LogP contribution < -0.4 is 5.32 Å². The number of guanidine groups is 1. The molecule has 1 saturated heterocycles. The molecule has 1 fully saturated rings. The molecule has 0 saturated carbocycles. The van der Waals surface area contributed by atoms with Gasteiger partial charge in [-0.15, -0.1) is 30.6 Å². The fraction of sp³-hybridized carbons (Fsp3) is 0.769. The molecule has 0 aliphatic carbocycles. The minimum Gasteiger partial charge on any atom is -0.357 e. The van der Waals surface area contributed by atoms with Crippen LogP contribution in [0.25, 0.3) is 0 Å². The van der Waals surface area contributed by atoms with Crippen molar-refractivity contribution >= 4 is 29.9 Å². The van der Waals surface area contributed by atoms with Crippen LogP contribution in [-0.2, 0) is 0 Å². The van der Waals surface area contributed by atoms with Crippen molar-refractivity contribution in [2.24, 2.45) is 10.4 Å². The van der Waals surface area contributed by atoms with Crippen molar-refractivity contribution in [3.05, 3.63) is 12.7 Å². The highest BCUT2D eigenvalue weighted by Gasteiger charge is 2.33. The molecule has 0 spiro atoms. The molecule has 1 aliphatic heterocycles. The number of nitrogens with zero attached hydrogens (tertiary/aromatic N) is 2. The Morgan fingerprint density at radius 2 is 2.24 bits per heavy atom. The van der Waals surface area contributed by atoms with E-state index in [1.165, 1.54) is 12.8 Å². The SMILES string of the molecule is C=CCN=C(NCC)N1CCC(C)(CC)C1.I. The van der Waals surface area contributed by atoms with Gasteiger partial charge in [-0.1, -0.05) is 19.9 Å². The third-order valence-electron chi connectivity index (χ3n) is 3.42. The van der Waals surface area contributed by atoms with Gasteiger partial charge in [-0.05, 0) is 25.2 Å². The van der Waals surface area contributed by atoms with E-state index in [2.05, 4.69) is 42.6 Å². The van der Waals surface area contributed by atoms with E-state index in [1.807, 2.05) is 6.08 Å². The molecule has 0 amide bonds. The molecule has 3 nitrogen and oxygen atoms in total. The standard InChI is InChI=1S/C13H25N3.HI/c1-5-9-15-12(14-7-3)16-10-8-13(4,6-2)11-16;/h5H,1,6-11H2,2-4H3,(H,14,15);1H. The van der Waals surface area contributed by atoms with E-state index in [0.29, 0.717) is 12.0 Å². The number of nitrogens with one attached hydrogen (secondary N) is 1. The molecule has 1 rings (SSSR count). The molecule has 4 heteroatoms. The minimum atomic E-state index is 0. The highest BCUT2D eigenvalue weighted by molar-refractivity contribution is 14.0. The Bertz CT molecular complexity index is 265. The molecule has 0 aromatic rings. The summed E-state index contributed by atoms with van der Waals surface area (Å²) in [6.07, 6.45) is 4.35. The summed E-state index contributed by atoms with van der Waals surface area (Å²) in [5.41, 5.74) is 0.463. The molecule has 0 bridgehead atoms. The van der Waals surface area contributed by atoms with Gasteiger partial charge in [0.2, 0.25) is 0 Å². The fourth-order valence-corrected chi connectivity index (χ4v) is 2.07. The third kappa shape index (κ3) is 4.85. The molecule has 1 aliphatic rings. The Hall–Kier alpha value is -0.260. The van der Waals surface area contributed by atoms with Crippen molar-refractivity contribution in [3.8, 4) is 0 Å². The van der Waals surface area contributed by atoms with Gasteiger partial charge >= 0.3 is 0 Å². The lowest BCUT2D eigenvalue weighted by molar-refractivity contribution is 0.322. The van der Waals surface area contributed by atoms with Gasteiger partial charge < -0.3 is 10.2 Å². The smallest absolute Gasteiger partial charge is 0.194 e. The second kappa shape index (κ2) is 7.95. The third-order valence-corrected chi connectivity index (χ3v) is 3.42. The summed E-state index contributed by atoms with van der Waals surface area (Å²) in [7, 11) is 0. The second-order valence-electron chi connectivity index (χ2n) is 4.82. The molecule has 1 heterocycles. The Balaban J connectivity index is 0.00000256. The number of likely N-dealkylation sites (tertiary alicyclic amines) is 1. The summed E-state index contributed by atoms with van der Waals surface area (Å²) in [6.45, 7) is 14.3. The Morgan fingerprint density at radius 3 is 2.71 bits per heavy atom.